The fourth-order valence-electron chi connectivity index (χ4n) is 3.48. The molecule has 0 unspecified atom stereocenters. The number of thioether (sulfide) groups is 2. The van der Waals surface area contributed by atoms with E-state index in [1.165, 1.54) is 0 Å². The summed E-state index contributed by atoms with van der Waals surface area (Å²) in [5, 5.41) is -0.000596. The minimum Gasteiger partial charge on any atom is -0.324 e. The molecule has 0 saturated carbocycles. The summed E-state index contributed by atoms with van der Waals surface area (Å²) in [4.78, 5) is 28.8. The zero-order chi connectivity index (χ0) is 19.7. The first-order chi connectivity index (χ1) is 13.5. The highest BCUT2D eigenvalue weighted by Crippen LogP contribution is 2.41. The first-order valence-corrected chi connectivity index (χ1v) is 12.5. The third-order valence-electron chi connectivity index (χ3n) is 4.79. The maximum atomic E-state index is 12.5. The van der Waals surface area contributed by atoms with Crippen molar-refractivity contribution in [2.75, 3.05) is 24.6 Å². The van der Waals surface area contributed by atoms with E-state index in [-0.39, 0.29) is 22.6 Å². The second-order valence-electron chi connectivity index (χ2n) is 6.61. The highest BCUT2D eigenvalue weighted by Gasteiger charge is 2.36. The number of rotatable bonds is 5. The van der Waals surface area contributed by atoms with Gasteiger partial charge in [-0.1, -0.05) is 56.1 Å². The van der Waals surface area contributed by atoms with Crippen LogP contribution in [0.5, 0.6) is 0 Å². The van der Waals surface area contributed by atoms with Crippen molar-refractivity contribution < 1.29 is 9.59 Å². The lowest BCUT2D eigenvalue weighted by Crippen LogP contribution is -2.39. The van der Waals surface area contributed by atoms with E-state index in [9.17, 15) is 9.59 Å². The molecule has 8 heteroatoms. The van der Waals surface area contributed by atoms with Crippen LogP contribution in [0, 0.1) is 0 Å². The van der Waals surface area contributed by atoms with Gasteiger partial charge in [0.2, 0.25) is 11.8 Å². The highest BCUT2D eigenvalue weighted by molar-refractivity contribution is 9.10. The summed E-state index contributed by atoms with van der Waals surface area (Å²) in [5.41, 5.74) is 2.21. The molecular formula is C20H18Br2N2O2S2. The predicted molar refractivity (Wildman–Crippen MR) is 122 cm³/mol. The minimum absolute atomic E-state index is 0.000298. The van der Waals surface area contributed by atoms with Gasteiger partial charge in [-0.2, -0.15) is 0 Å². The van der Waals surface area contributed by atoms with Crippen molar-refractivity contribution in [1.82, 2.24) is 9.80 Å². The molecule has 2 atom stereocenters. The van der Waals surface area contributed by atoms with Crippen LogP contribution >= 0.6 is 55.4 Å². The lowest BCUT2D eigenvalue weighted by Gasteiger charge is -2.29. The molecule has 2 aliphatic heterocycles. The summed E-state index contributed by atoms with van der Waals surface area (Å²) in [7, 11) is 0. The van der Waals surface area contributed by atoms with E-state index in [4.69, 9.17) is 0 Å². The van der Waals surface area contributed by atoms with Crippen LogP contribution in [0.4, 0.5) is 0 Å². The van der Waals surface area contributed by atoms with Gasteiger partial charge in [-0.25, -0.2) is 0 Å². The van der Waals surface area contributed by atoms with E-state index in [2.05, 4.69) is 56.1 Å². The second kappa shape index (κ2) is 8.81. The van der Waals surface area contributed by atoms with Gasteiger partial charge >= 0.3 is 0 Å². The molecule has 28 heavy (non-hydrogen) atoms. The highest BCUT2D eigenvalue weighted by atomic mass is 79.9. The van der Waals surface area contributed by atoms with Crippen LogP contribution in [0.3, 0.4) is 0 Å². The normalized spacial score (nSPS) is 22.4. The quantitative estimate of drug-likeness (QED) is 0.530. The largest absolute Gasteiger partial charge is 0.324 e. The van der Waals surface area contributed by atoms with Gasteiger partial charge in [-0.3, -0.25) is 9.59 Å². The molecule has 0 N–H and O–H groups in total. The van der Waals surface area contributed by atoms with E-state index in [1.807, 2.05) is 34.1 Å². The SMILES string of the molecule is O=C1CS[C@H](c2cccc(Br)c2)N1CCN1C(=O)CS[C@@H]1c1cccc(Br)c1. The molecule has 2 heterocycles. The summed E-state index contributed by atoms with van der Waals surface area (Å²) in [6.07, 6.45) is 0. The third kappa shape index (κ3) is 4.30. The first-order valence-electron chi connectivity index (χ1n) is 8.86. The predicted octanol–water partition coefficient (Wildman–Crippen LogP) is 5.06. The van der Waals surface area contributed by atoms with Gasteiger partial charge in [0.05, 0.1) is 11.5 Å². The average molecular weight is 542 g/mol. The van der Waals surface area contributed by atoms with Gasteiger partial charge < -0.3 is 9.80 Å². The Morgan fingerprint density at radius 2 is 1.21 bits per heavy atom. The molecule has 2 amide bonds. The number of hydrogen-bond donors (Lipinski definition) is 0. The Kier molecular flexibility index (Phi) is 6.40. The number of carbonyl (C=O) groups excluding carboxylic acids is 2. The molecule has 2 fully saturated rings. The Morgan fingerprint density at radius 3 is 1.61 bits per heavy atom. The van der Waals surface area contributed by atoms with Crippen LogP contribution in [0.15, 0.2) is 57.5 Å². The van der Waals surface area contributed by atoms with Crippen LogP contribution in [0.25, 0.3) is 0 Å². The molecular weight excluding hydrogens is 524 g/mol. The number of halogens is 2. The molecule has 2 saturated heterocycles. The van der Waals surface area contributed by atoms with Gasteiger partial charge in [-0.05, 0) is 35.4 Å². The zero-order valence-corrected chi connectivity index (χ0v) is 19.7. The fraction of sp³-hybridized carbons (Fsp3) is 0.300. The first kappa shape index (κ1) is 20.3. The van der Waals surface area contributed by atoms with Gasteiger partial charge in [0, 0.05) is 22.0 Å². The van der Waals surface area contributed by atoms with Crippen molar-refractivity contribution in [2.24, 2.45) is 0 Å². The molecule has 2 aliphatic rings. The summed E-state index contributed by atoms with van der Waals surface area (Å²) in [6, 6.07) is 16.2. The third-order valence-corrected chi connectivity index (χ3v) is 8.28. The molecule has 2 aromatic rings. The smallest absolute Gasteiger partial charge is 0.233 e. The number of benzene rings is 2. The average Bonchev–Trinajstić information content (AvgIpc) is 3.22. The minimum atomic E-state index is -0.000298. The molecule has 4 nitrogen and oxygen atoms in total. The maximum absolute atomic E-state index is 12.5. The fourth-order valence-corrected chi connectivity index (χ4v) is 6.73. The summed E-state index contributed by atoms with van der Waals surface area (Å²) in [5.74, 6) is 1.23. The summed E-state index contributed by atoms with van der Waals surface area (Å²) in [6.45, 7) is 1.08. The van der Waals surface area contributed by atoms with Crippen LogP contribution < -0.4 is 0 Å². The van der Waals surface area contributed by atoms with E-state index in [0.717, 1.165) is 20.1 Å². The molecule has 0 spiro atoms. The number of amides is 2. The number of carbonyl (C=O) groups is 2. The Balaban J connectivity index is 1.50. The summed E-state index contributed by atoms with van der Waals surface area (Å²) < 4.78 is 2.01. The van der Waals surface area contributed by atoms with E-state index < -0.39 is 0 Å². The van der Waals surface area contributed by atoms with Crippen LogP contribution in [-0.4, -0.2) is 46.2 Å². The van der Waals surface area contributed by atoms with Crippen molar-refractivity contribution in [3.8, 4) is 0 Å². The lowest BCUT2D eigenvalue weighted by atomic mass is 10.2. The second-order valence-corrected chi connectivity index (χ2v) is 10.6. The van der Waals surface area contributed by atoms with Crippen LogP contribution in [0.1, 0.15) is 21.9 Å². The van der Waals surface area contributed by atoms with Crippen LogP contribution in [0.2, 0.25) is 0 Å². The van der Waals surface area contributed by atoms with Crippen molar-refractivity contribution in [3.05, 3.63) is 68.6 Å². The van der Waals surface area contributed by atoms with Gasteiger partial charge in [0.15, 0.2) is 0 Å². The Bertz CT molecular complexity index is 838. The van der Waals surface area contributed by atoms with E-state index in [0.29, 0.717) is 24.6 Å². The maximum Gasteiger partial charge on any atom is 0.233 e. The standard InChI is InChI=1S/C20H18Br2N2O2S2/c21-15-5-1-3-13(9-15)19-23(17(25)11-27-19)7-8-24-18(26)12-28-20(24)14-4-2-6-16(22)10-14/h1-6,9-10,19-20H,7-8,11-12H2/t19-,20-/m1/s1. The number of nitrogens with zero attached hydrogens (tertiary/aromatic N) is 2. The molecule has 0 bridgehead atoms. The van der Waals surface area contributed by atoms with E-state index >= 15 is 0 Å². The van der Waals surface area contributed by atoms with Gasteiger partial charge in [-0.15, -0.1) is 23.5 Å². The molecule has 0 radical (unpaired) electrons. The van der Waals surface area contributed by atoms with E-state index in [1.54, 1.807) is 23.5 Å². The van der Waals surface area contributed by atoms with Crippen LogP contribution in [-0.2, 0) is 9.59 Å². The van der Waals surface area contributed by atoms with Gasteiger partial charge in [0.25, 0.3) is 0 Å². The molecule has 146 valence electrons. The molecule has 0 aromatic heterocycles. The zero-order valence-electron chi connectivity index (χ0n) is 14.9. The topological polar surface area (TPSA) is 40.6 Å². The van der Waals surface area contributed by atoms with Crippen molar-refractivity contribution >= 4 is 67.2 Å². The van der Waals surface area contributed by atoms with Gasteiger partial charge in [0.1, 0.15) is 10.7 Å². The Labute approximate surface area is 189 Å². The van der Waals surface area contributed by atoms with Crippen molar-refractivity contribution in [3.63, 3.8) is 0 Å². The summed E-state index contributed by atoms with van der Waals surface area (Å²) >= 11 is 10.3. The molecule has 2 aromatic carbocycles. The molecule has 4 rings (SSSR count). The molecule has 0 aliphatic carbocycles. The van der Waals surface area contributed by atoms with Crippen molar-refractivity contribution in [2.45, 2.75) is 10.7 Å². The van der Waals surface area contributed by atoms with Crippen molar-refractivity contribution in [1.29, 1.82) is 0 Å². The lowest BCUT2D eigenvalue weighted by molar-refractivity contribution is -0.132. The Morgan fingerprint density at radius 1 is 0.786 bits per heavy atom. The Hall–Kier alpha value is -0.960. The monoisotopic (exact) mass is 540 g/mol. The number of hydrogen-bond acceptors (Lipinski definition) is 4.